The van der Waals surface area contributed by atoms with Gasteiger partial charge in [-0.15, -0.1) is 0 Å². The van der Waals surface area contributed by atoms with Crippen molar-refractivity contribution in [3.8, 4) is 0 Å². The monoisotopic (exact) mass is 258 g/mol. The Bertz CT molecular complexity index is 549. The minimum atomic E-state index is -0.245. The molecular formula is C16H19FN2. The molecule has 0 amide bonds. The van der Waals surface area contributed by atoms with Gasteiger partial charge in [-0.05, 0) is 35.7 Å². The lowest BCUT2D eigenvalue weighted by molar-refractivity contribution is 0.625. The van der Waals surface area contributed by atoms with Crippen LogP contribution in [0.3, 0.4) is 0 Å². The van der Waals surface area contributed by atoms with Gasteiger partial charge in [-0.2, -0.15) is 0 Å². The normalized spacial score (nSPS) is 10.5. The molecule has 0 spiro atoms. The van der Waals surface area contributed by atoms with Crippen LogP contribution in [-0.2, 0) is 13.0 Å². The fraction of sp³-hybridized carbons (Fsp3) is 0.250. The predicted octanol–water partition coefficient (Wildman–Crippen LogP) is 3.61. The van der Waals surface area contributed by atoms with Crippen LogP contribution in [0.5, 0.6) is 0 Å². The van der Waals surface area contributed by atoms with E-state index in [1.807, 2.05) is 30.1 Å². The molecule has 0 aromatic heterocycles. The Morgan fingerprint density at radius 1 is 1.11 bits per heavy atom. The molecule has 2 N–H and O–H groups in total. The van der Waals surface area contributed by atoms with Crippen molar-refractivity contribution in [1.82, 2.24) is 0 Å². The first-order chi connectivity index (χ1) is 9.17. The number of para-hydroxylation sites is 1. The van der Waals surface area contributed by atoms with E-state index in [9.17, 15) is 4.39 Å². The lowest BCUT2D eigenvalue weighted by atomic mass is 10.1. The molecule has 3 heteroatoms. The van der Waals surface area contributed by atoms with Crippen molar-refractivity contribution in [2.24, 2.45) is 5.73 Å². The second-order valence-corrected chi connectivity index (χ2v) is 4.53. The number of halogens is 1. The van der Waals surface area contributed by atoms with Gasteiger partial charge in [0.15, 0.2) is 0 Å². The molecule has 2 rings (SSSR count). The first kappa shape index (κ1) is 13.6. The van der Waals surface area contributed by atoms with Gasteiger partial charge in [-0.3, -0.25) is 0 Å². The molecule has 0 radical (unpaired) electrons. The maximum Gasteiger partial charge on any atom is 0.147 e. The summed E-state index contributed by atoms with van der Waals surface area (Å²) in [5, 5.41) is 0. The molecule has 0 heterocycles. The van der Waals surface area contributed by atoms with E-state index in [1.165, 1.54) is 11.6 Å². The van der Waals surface area contributed by atoms with E-state index < -0.39 is 0 Å². The number of nitrogens with zero attached hydrogens (tertiary/aromatic N) is 1. The molecule has 0 saturated carbocycles. The van der Waals surface area contributed by atoms with E-state index in [1.54, 1.807) is 6.07 Å². The lowest BCUT2D eigenvalue weighted by Gasteiger charge is -2.23. The van der Waals surface area contributed by atoms with Crippen LogP contribution in [0.2, 0.25) is 0 Å². The molecule has 0 aliphatic rings. The highest BCUT2D eigenvalue weighted by atomic mass is 19.1. The zero-order valence-electron chi connectivity index (χ0n) is 11.4. The fourth-order valence-corrected chi connectivity index (χ4v) is 2.18. The Morgan fingerprint density at radius 3 is 2.37 bits per heavy atom. The molecule has 2 nitrogen and oxygen atoms in total. The Morgan fingerprint density at radius 2 is 1.79 bits per heavy atom. The molecule has 0 saturated heterocycles. The quantitative estimate of drug-likeness (QED) is 0.907. The Kier molecular flexibility index (Phi) is 4.17. The molecule has 0 aliphatic heterocycles. The smallest absolute Gasteiger partial charge is 0.147 e. The molecule has 0 fully saturated rings. The maximum atomic E-state index is 14.0. The van der Waals surface area contributed by atoms with E-state index in [2.05, 4.69) is 19.1 Å². The Balaban J connectivity index is 2.40. The number of rotatable bonds is 4. The molecule has 2 aromatic carbocycles. The Labute approximate surface area is 113 Å². The summed E-state index contributed by atoms with van der Waals surface area (Å²) in [6.45, 7) is 2.44. The summed E-state index contributed by atoms with van der Waals surface area (Å²) in [4.78, 5) is 1.84. The van der Waals surface area contributed by atoms with Crippen molar-refractivity contribution in [2.75, 3.05) is 11.9 Å². The molecule has 100 valence electrons. The molecule has 2 aromatic rings. The van der Waals surface area contributed by atoms with Crippen molar-refractivity contribution in [2.45, 2.75) is 19.9 Å². The summed E-state index contributed by atoms with van der Waals surface area (Å²) in [5.74, 6) is -0.245. The van der Waals surface area contributed by atoms with Gasteiger partial charge in [0.25, 0.3) is 0 Å². The number of hydrogen-bond donors (Lipinski definition) is 1. The van der Waals surface area contributed by atoms with Crippen molar-refractivity contribution >= 4 is 11.4 Å². The van der Waals surface area contributed by atoms with E-state index in [0.717, 1.165) is 17.7 Å². The van der Waals surface area contributed by atoms with Crippen LogP contribution in [0.25, 0.3) is 0 Å². The predicted molar refractivity (Wildman–Crippen MR) is 78.2 cm³/mol. The molecular weight excluding hydrogens is 239 g/mol. The summed E-state index contributed by atoms with van der Waals surface area (Å²) in [6, 6.07) is 13.1. The summed E-state index contributed by atoms with van der Waals surface area (Å²) < 4.78 is 14.0. The average Bonchev–Trinajstić information content (AvgIpc) is 2.46. The van der Waals surface area contributed by atoms with Crippen LogP contribution in [0.15, 0.2) is 42.5 Å². The SMILES string of the molecule is CCc1ccc(N(C)c2c(F)cccc2CN)cc1. The van der Waals surface area contributed by atoms with Gasteiger partial charge in [0.1, 0.15) is 5.82 Å². The molecule has 0 unspecified atom stereocenters. The van der Waals surface area contributed by atoms with Crippen LogP contribution >= 0.6 is 0 Å². The number of nitrogens with two attached hydrogens (primary N) is 1. The average molecular weight is 258 g/mol. The van der Waals surface area contributed by atoms with Crippen molar-refractivity contribution < 1.29 is 4.39 Å². The zero-order chi connectivity index (χ0) is 13.8. The maximum absolute atomic E-state index is 14.0. The van der Waals surface area contributed by atoms with Gasteiger partial charge in [-0.1, -0.05) is 31.2 Å². The third kappa shape index (κ3) is 2.76. The molecule has 0 aliphatic carbocycles. The van der Waals surface area contributed by atoms with Crippen LogP contribution in [0.1, 0.15) is 18.1 Å². The van der Waals surface area contributed by atoms with Crippen molar-refractivity contribution in [3.63, 3.8) is 0 Å². The minimum Gasteiger partial charge on any atom is -0.342 e. The number of anilines is 2. The van der Waals surface area contributed by atoms with Gasteiger partial charge < -0.3 is 10.6 Å². The highest BCUT2D eigenvalue weighted by Gasteiger charge is 2.13. The zero-order valence-corrected chi connectivity index (χ0v) is 11.4. The molecule has 19 heavy (non-hydrogen) atoms. The third-order valence-electron chi connectivity index (χ3n) is 3.36. The highest BCUT2D eigenvalue weighted by molar-refractivity contribution is 5.66. The summed E-state index contributed by atoms with van der Waals surface area (Å²) >= 11 is 0. The summed E-state index contributed by atoms with van der Waals surface area (Å²) in [6.07, 6.45) is 0.998. The largest absolute Gasteiger partial charge is 0.342 e. The first-order valence-electron chi connectivity index (χ1n) is 6.47. The minimum absolute atomic E-state index is 0.245. The number of hydrogen-bond acceptors (Lipinski definition) is 2. The van der Waals surface area contributed by atoms with E-state index >= 15 is 0 Å². The van der Waals surface area contributed by atoms with Gasteiger partial charge in [0, 0.05) is 19.3 Å². The van der Waals surface area contributed by atoms with Crippen molar-refractivity contribution in [3.05, 3.63) is 59.4 Å². The number of aryl methyl sites for hydroxylation is 1. The fourth-order valence-electron chi connectivity index (χ4n) is 2.18. The Hall–Kier alpha value is -1.87. The lowest BCUT2D eigenvalue weighted by Crippen LogP contribution is -2.15. The van der Waals surface area contributed by atoms with Crippen LogP contribution in [0.4, 0.5) is 15.8 Å². The standard InChI is InChI=1S/C16H19FN2/c1-3-12-7-9-14(10-8-12)19(2)16-13(11-18)5-4-6-15(16)17/h4-10H,3,11,18H2,1-2H3. The number of benzene rings is 2. The second-order valence-electron chi connectivity index (χ2n) is 4.53. The first-order valence-corrected chi connectivity index (χ1v) is 6.47. The second kappa shape index (κ2) is 5.85. The van der Waals surface area contributed by atoms with Crippen LogP contribution in [-0.4, -0.2) is 7.05 Å². The highest BCUT2D eigenvalue weighted by Crippen LogP contribution is 2.29. The topological polar surface area (TPSA) is 29.3 Å². The van der Waals surface area contributed by atoms with E-state index in [-0.39, 0.29) is 5.82 Å². The van der Waals surface area contributed by atoms with E-state index in [0.29, 0.717) is 12.2 Å². The molecule has 0 bridgehead atoms. The van der Waals surface area contributed by atoms with Crippen LogP contribution in [0, 0.1) is 5.82 Å². The molecule has 0 atom stereocenters. The summed E-state index contributed by atoms with van der Waals surface area (Å²) in [7, 11) is 1.86. The van der Waals surface area contributed by atoms with Gasteiger partial charge in [-0.25, -0.2) is 4.39 Å². The third-order valence-corrected chi connectivity index (χ3v) is 3.36. The van der Waals surface area contributed by atoms with E-state index in [4.69, 9.17) is 5.73 Å². The van der Waals surface area contributed by atoms with Gasteiger partial charge in [0.2, 0.25) is 0 Å². The van der Waals surface area contributed by atoms with Crippen LogP contribution < -0.4 is 10.6 Å². The van der Waals surface area contributed by atoms with Crippen molar-refractivity contribution in [1.29, 1.82) is 0 Å². The summed E-state index contributed by atoms with van der Waals surface area (Å²) in [5.41, 5.74) is 9.27. The van der Waals surface area contributed by atoms with Gasteiger partial charge >= 0.3 is 0 Å². The van der Waals surface area contributed by atoms with Gasteiger partial charge in [0.05, 0.1) is 5.69 Å².